The highest BCUT2D eigenvalue weighted by molar-refractivity contribution is 5.21. The van der Waals surface area contributed by atoms with Crippen LogP contribution in [-0.4, -0.2) is 69.8 Å². The summed E-state index contributed by atoms with van der Waals surface area (Å²) in [5.41, 5.74) is 2.02. The van der Waals surface area contributed by atoms with E-state index in [2.05, 4.69) is 62.7 Å². The fraction of sp³-hybridized carbons (Fsp3) is 0.650. The molecule has 2 saturated heterocycles. The normalized spacial score (nSPS) is 24.1. The van der Waals surface area contributed by atoms with Crippen LogP contribution in [0.4, 0.5) is 0 Å². The number of hydrogen-bond donors (Lipinski definition) is 0. The lowest BCUT2D eigenvalue weighted by Gasteiger charge is -2.49. The van der Waals surface area contributed by atoms with E-state index in [1.54, 1.807) is 6.33 Å². The van der Waals surface area contributed by atoms with Gasteiger partial charge in [-0.3, -0.25) is 0 Å². The third-order valence-corrected chi connectivity index (χ3v) is 6.26. The van der Waals surface area contributed by atoms with Gasteiger partial charge in [-0.15, -0.1) is 5.10 Å². The fourth-order valence-electron chi connectivity index (χ4n) is 4.97. The molecular weight excluding hydrogens is 324 g/mol. The van der Waals surface area contributed by atoms with Crippen molar-refractivity contribution < 1.29 is 0 Å². The van der Waals surface area contributed by atoms with Gasteiger partial charge < -0.3 is 9.80 Å². The first-order valence-electron chi connectivity index (χ1n) is 9.89. The molecule has 0 N–H and O–H groups in total. The quantitative estimate of drug-likeness (QED) is 0.824. The van der Waals surface area contributed by atoms with E-state index in [1.165, 1.54) is 51.0 Å². The van der Waals surface area contributed by atoms with Gasteiger partial charge in [0.25, 0.3) is 0 Å². The predicted molar refractivity (Wildman–Crippen MR) is 102 cm³/mol. The lowest BCUT2D eigenvalue weighted by atomic mass is 9.68. The zero-order chi connectivity index (χ0) is 17.8. The molecule has 0 aliphatic carbocycles. The van der Waals surface area contributed by atoms with Gasteiger partial charge in [-0.05, 0) is 79.7 Å². The number of hydrogen-bond acceptors (Lipinski definition) is 5. The van der Waals surface area contributed by atoms with Crippen molar-refractivity contribution >= 4 is 0 Å². The van der Waals surface area contributed by atoms with Crippen LogP contribution in [0.25, 0.3) is 0 Å². The number of likely N-dealkylation sites (N-methyl/N-ethyl adjacent to an activating group) is 1. The van der Waals surface area contributed by atoms with E-state index in [9.17, 15) is 0 Å². The standard InChI is InChI=1S/C20H30N6/c1-24-15-19(18-6-3-2-4-7-18)14-20(16-24)8-12-25(13-9-20)10-5-11-26-17-21-22-23-26/h2-4,6-7,17,19H,5,8-16H2,1H3/t19-/m0/s1. The van der Waals surface area contributed by atoms with Gasteiger partial charge in [0.15, 0.2) is 0 Å². The summed E-state index contributed by atoms with van der Waals surface area (Å²) in [6.07, 6.45) is 6.81. The zero-order valence-electron chi connectivity index (χ0n) is 15.8. The number of nitrogens with zero attached hydrogens (tertiary/aromatic N) is 6. The largest absolute Gasteiger partial charge is 0.305 e. The van der Waals surface area contributed by atoms with Crippen molar-refractivity contribution in [3.05, 3.63) is 42.2 Å². The van der Waals surface area contributed by atoms with Gasteiger partial charge in [0, 0.05) is 19.6 Å². The first-order chi connectivity index (χ1) is 12.7. The van der Waals surface area contributed by atoms with E-state index in [1.807, 2.05) is 4.68 Å². The Bertz CT molecular complexity index is 663. The highest BCUT2D eigenvalue weighted by Gasteiger charge is 2.41. The minimum Gasteiger partial charge on any atom is -0.305 e. The number of rotatable bonds is 5. The Morgan fingerprint density at radius 1 is 1.12 bits per heavy atom. The predicted octanol–water partition coefficient (Wildman–Crippen LogP) is 2.26. The Kier molecular flexibility index (Phi) is 5.31. The molecular formula is C20H30N6. The average molecular weight is 355 g/mol. The average Bonchev–Trinajstić information content (AvgIpc) is 3.17. The Hall–Kier alpha value is -1.79. The molecule has 0 unspecified atom stereocenters. The minimum absolute atomic E-state index is 0.500. The first-order valence-corrected chi connectivity index (χ1v) is 9.89. The van der Waals surface area contributed by atoms with Crippen molar-refractivity contribution in [2.75, 3.05) is 39.8 Å². The second-order valence-electron chi connectivity index (χ2n) is 8.28. The Balaban J connectivity index is 1.30. The van der Waals surface area contributed by atoms with Crippen LogP contribution < -0.4 is 0 Å². The smallest absolute Gasteiger partial charge is 0.138 e. The molecule has 2 aromatic rings. The summed E-state index contributed by atoms with van der Waals surface area (Å²) < 4.78 is 1.83. The van der Waals surface area contributed by atoms with Gasteiger partial charge in [-0.2, -0.15) is 0 Å². The number of piperidine rings is 2. The van der Waals surface area contributed by atoms with E-state index >= 15 is 0 Å². The summed E-state index contributed by atoms with van der Waals surface area (Å²) in [5, 5.41) is 11.3. The molecule has 0 radical (unpaired) electrons. The molecule has 6 heteroatoms. The van der Waals surface area contributed by atoms with Crippen molar-refractivity contribution in [1.29, 1.82) is 0 Å². The van der Waals surface area contributed by atoms with Crippen LogP contribution in [0, 0.1) is 5.41 Å². The van der Waals surface area contributed by atoms with Crippen molar-refractivity contribution in [3.63, 3.8) is 0 Å². The summed E-state index contributed by atoms with van der Waals surface area (Å²) >= 11 is 0. The lowest BCUT2D eigenvalue weighted by Crippen LogP contribution is -2.50. The molecule has 3 heterocycles. The second kappa shape index (κ2) is 7.84. The molecule has 0 saturated carbocycles. The maximum absolute atomic E-state index is 3.94. The zero-order valence-corrected chi connectivity index (χ0v) is 15.8. The van der Waals surface area contributed by atoms with Crippen LogP contribution in [-0.2, 0) is 6.54 Å². The van der Waals surface area contributed by atoms with Crippen LogP contribution in [0.15, 0.2) is 36.7 Å². The molecule has 1 spiro atoms. The summed E-state index contributed by atoms with van der Waals surface area (Å²) in [4.78, 5) is 5.19. The maximum Gasteiger partial charge on any atom is 0.138 e. The van der Waals surface area contributed by atoms with E-state index < -0.39 is 0 Å². The van der Waals surface area contributed by atoms with Crippen molar-refractivity contribution in [3.8, 4) is 0 Å². The van der Waals surface area contributed by atoms with Crippen LogP contribution in [0.1, 0.15) is 37.2 Å². The highest BCUT2D eigenvalue weighted by atomic mass is 15.5. The SMILES string of the molecule is CN1C[C@@H](c2ccccc2)CC2(CCN(CCCn3cnnn3)CC2)C1. The van der Waals surface area contributed by atoms with Crippen LogP contribution in [0.2, 0.25) is 0 Å². The summed E-state index contributed by atoms with van der Waals surface area (Å²) in [7, 11) is 2.30. The van der Waals surface area contributed by atoms with Crippen LogP contribution in [0.3, 0.4) is 0 Å². The summed E-state index contributed by atoms with van der Waals surface area (Å²) in [6, 6.07) is 11.1. The van der Waals surface area contributed by atoms with Gasteiger partial charge in [-0.1, -0.05) is 30.3 Å². The van der Waals surface area contributed by atoms with E-state index in [0.717, 1.165) is 19.5 Å². The second-order valence-corrected chi connectivity index (χ2v) is 8.28. The number of tetrazole rings is 1. The van der Waals surface area contributed by atoms with Gasteiger partial charge >= 0.3 is 0 Å². The van der Waals surface area contributed by atoms with Crippen LogP contribution >= 0.6 is 0 Å². The Labute approximate surface area is 156 Å². The minimum atomic E-state index is 0.500. The van der Waals surface area contributed by atoms with Crippen molar-refractivity contribution in [2.24, 2.45) is 5.41 Å². The van der Waals surface area contributed by atoms with E-state index in [-0.39, 0.29) is 0 Å². The summed E-state index contributed by atoms with van der Waals surface area (Å²) in [5.74, 6) is 0.682. The van der Waals surface area contributed by atoms with Crippen molar-refractivity contribution in [2.45, 2.75) is 38.1 Å². The molecule has 1 atom stereocenters. The van der Waals surface area contributed by atoms with Crippen molar-refractivity contribution in [1.82, 2.24) is 30.0 Å². The number of likely N-dealkylation sites (tertiary alicyclic amines) is 2. The molecule has 6 nitrogen and oxygen atoms in total. The molecule has 2 fully saturated rings. The van der Waals surface area contributed by atoms with E-state index in [0.29, 0.717) is 11.3 Å². The molecule has 2 aliphatic rings. The third kappa shape index (κ3) is 4.13. The molecule has 26 heavy (non-hydrogen) atoms. The number of aromatic nitrogens is 4. The molecule has 140 valence electrons. The lowest BCUT2D eigenvalue weighted by molar-refractivity contribution is 0.0236. The van der Waals surface area contributed by atoms with Crippen LogP contribution in [0.5, 0.6) is 0 Å². The molecule has 4 rings (SSSR count). The monoisotopic (exact) mass is 354 g/mol. The van der Waals surface area contributed by atoms with Gasteiger partial charge in [-0.25, -0.2) is 4.68 Å². The fourth-order valence-corrected chi connectivity index (χ4v) is 4.97. The molecule has 0 amide bonds. The van der Waals surface area contributed by atoms with Gasteiger partial charge in [0.2, 0.25) is 0 Å². The Morgan fingerprint density at radius 2 is 1.92 bits per heavy atom. The van der Waals surface area contributed by atoms with Gasteiger partial charge in [0.05, 0.1) is 0 Å². The number of aryl methyl sites for hydroxylation is 1. The molecule has 1 aromatic carbocycles. The van der Waals surface area contributed by atoms with E-state index in [4.69, 9.17) is 0 Å². The summed E-state index contributed by atoms with van der Waals surface area (Å²) in [6.45, 7) is 6.97. The topological polar surface area (TPSA) is 50.1 Å². The number of benzene rings is 1. The first kappa shape index (κ1) is 17.6. The highest BCUT2D eigenvalue weighted by Crippen LogP contribution is 2.44. The van der Waals surface area contributed by atoms with Gasteiger partial charge in [0.1, 0.15) is 6.33 Å². The molecule has 0 bridgehead atoms. The molecule has 2 aliphatic heterocycles. The molecule has 1 aromatic heterocycles. The third-order valence-electron chi connectivity index (χ3n) is 6.26. The Morgan fingerprint density at radius 3 is 2.65 bits per heavy atom. The maximum atomic E-state index is 3.94.